The summed E-state index contributed by atoms with van der Waals surface area (Å²) in [5.41, 5.74) is 0.374. The molecule has 5 nitrogen and oxygen atoms in total. The van der Waals surface area contributed by atoms with Gasteiger partial charge in [-0.05, 0) is 26.2 Å². The Hall–Kier alpha value is -0.950. The maximum atomic E-state index is 12.7. The Morgan fingerprint density at radius 1 is 1.45 bits per heavy atom. The van der Waals surface area contributed by atoms with Crippen molar-refractivity contribution in [3.63, 3.8) is 0 Å². The highest BCUT2D eigenvalue weighted by molar-refractivity contribution is 8.00. The zero-order valence-electron chi connectivity index (χ0n) is 11.5. The number of hydrogen-bond acceptors (Lipinski definition) is 5. The van der Waals surface area contributed by atoms with E-state index in [0.717, 1.165) is 37.8 Å². The van der Waals surface area contributed by atoms with Crippen molar-refractivity contribution in [2.75, 3.05) is 18.6 Å². The van der Waals surface area contributed by atoms with E-state index in [4.69, 9.17) is 4.42 Å². The van der Waals surface area contributed by atoms with Crippen LogP contribution in [0.1, 0.15) is 35.4 Å². The first-order valence-electron chi connectivity index (χ1n) is 6.60. The number of rotatable bonds is 2. The zero-order chi connectivity index (χ0) is 14.5. The molecule has 0 bridgehead atoms. The molecule has 2 heterocycles. The van der Waals surface area contributed by atoms with Crippen molar-refractivity contribution >= 4 is 27.5 Å². The Bertz CT molecular complexity index is 658. The lowest BCUT2D eigenvalue weighted by Crippen LogP contribution is -2.50. The second kappa shape index (κ2) is 4.53. The van der Waals surface area contributed by atoms with Gasteiger partial charge in [-0.25, -0.2) is 8.42 Å². The van der Waals surface area contributed by atoms with Gasteiger partial charge in [-0.3, -0.25) is 4.79 Å². The number of nitrogens with zero attached hydrogens (tertiary/aromatic N) is 1. The van der Waals surface area contributed by atoms with Crippen molar-refractivity contribution in [2.45, 2.75) is 36.1 Å². The molecule has 2 aliphatic rings. The van der Waals surface area contributed by atoms with Crippen LogP contribution in [0.2, 0.25) is 0 Å². The predicted molar refractivity (Wildman–Crippen MR) is 76.6 cm³/mol. The first-order valence-corrected chi connectivity index (χ1v) is 9.48. The van der Waals surface area contributed by atoms with Crippen LogP contribution in [0.15, 0.2) is 15.6 Å². The van der Waals surface area contributed by atoms with E-state index in [2.05, 4.69) is 0 Å². The number of carbonyl (C=O) groups excluding carboxylic acids is 1. The molecule has 0 N–H and O–H groups in total. The molecule has 1 spiro atoms. The summed E-state index contributed by atoms with van der Waals surface area (Å²) >= 11 is 1.84. The van der Waals surface area contributed by atoms with Crippen molar-refractivity contribution in [1.82, 2.24) is 4.90 Å². The van der Waals surface area contributed by atoms with Gasteiger partial charge in [-0.1, -0.05) is 0 Å². The normalized spacial score (nSPS) is 21.2. The SMILES string of the molecule is Cc1oc(S(C)(=O)=O)cc1C(=O)N1CCSC12CCC2. The van der Waals surface area contributed by atoms with Gasteiger partial charge in [0.2, 0.25) is 14.9 Å². The Labute approximate surface area is 122 Å². The standard InChI is InChI=1S/C13H17NO4S2/c1-9-10(8-11(18-9)20(2,16)17)12(15)14-6-7-19-13(14)4-3-5-13/h8H,3-7H2,1-2H3. The van der Waals surface area contributed by atoms with Crippen LogP contribution in [0, 0.1) is 6.92 Å². The summed E-state index contributed by atoms with van der Waals surface area (Å²) in [5, 5.41) is -0.132. The highest BCUT2D eigenvalue weighted by Gasteiger charge is 2.49. The van der Waals surface area contributed by atoms with Gasteiger partial charge in [0.15, 0.2) is 0 Å². The molecule has 0 atom stereocenters. The minimum atomic E-state index is -3.42. The average molecular weight is 315 g/mol. The molecule has 7 heteroatoms. The molecule has 3 rings (SSSR count). The molecule has 110 valence electrons. The fraction of sp³-hybridized carbons (Fsp3) is 0.615. The van der Waals surface area contributed by atoms with Gasteiger partial charge in [-0.2, -0.15) is 0 Å². The van der Waals surface area contributed by atoms with Crippen molar-refractivity contribution in [1.29, 1.82) is 0 Å². The third-order valence-corrected chi connectivity index (χ3v) is 6.53. The number of hydrogen-bond donors (Lipinski definition) is 0. The Kier molecular flexibility index (Phi) is 3.17. The van der Waals surface area contributed by atoms with E-state index in [0.29, 0.717) is 11.3 Å². The van der Waals surface area contributed by atoms with Gasteiger partial charge >= 0.3 is 0 Å². The molecule has 1 saturated heterocycles. The lowest BCUT2D eigenvalue weighted by Gasteiger charge is -2.44. The Balaban J connectivity index is 1.93. The van der Waals surface area contributed by atoms with Crippen LogP contribution in [0.5, 0.6) is 0 Å². The van der Waals surface area contributed by atoms with Crippen molar-refractivity contribution in [2.24, 2.45) is 0 Å². The first-order chi connectivity index (χ1) is 9.33. The zero-order valence-corrected chi connectivity index (χ0v) is 13.1. The van der Waals surface area contributed by atoms with Gasteiger partial charge in [0.05, 0.1) is 10.4 Å². The van der Waals surface area contributed by atoms with E-state index in [1.165, 1.54) is 6.07 Å². The topological polar surface area (TPSA) is 67.6 Å². The van der Waals surface area contributed by atoms with E-state index in [-0.39, 0.29) is 15.9 Å². The maximum absolute atomic E-state index is 12.7. The van der Waals surface area contributed by atoms with E-state index >= 15 is 0 Å². The molecule has 0 aromatic carbocycles. The number of aryl methyl sites for hydroxylation is 1. The maximum Gasteiger partial charge on any atom is 0.258 e. The van der Waals surface area contributed by atoms with Gasteiger partial charge in [0.25, 0.3) is 5.91 Å². The van der Waals surface area contributed by atoms with Crippen LogP contribution in [-0.4, -0.2) is 42.6 Å². The molecule has 20 heavy (non-hydrogen) atoms. The molecule has 0 radical (unpaired) electrons. The van der Waals surface area contributed by atoms with E-state index in [9.17, 15) is 13.2 Å². The molecule has 2 fully saturated rings. The summed E-state index contributed by atoms with van der Waals surface area (Å²) in [6.45, 7) is 2.36. The first kappa shape index (κ1) is 14.0. The van der Waals surface area contributed by atoms with E-state index < -0.39 is 9.84 Å². The molecule has 1 aromatic rings. The van der Waals surface area contributed by atoms with Crippen molar-refractivity contribution < 1.29 is 17.6 Å². The largest absolute Gasteiger partial charge is 0.449 e. The summed E-state index contributed by atoms with van der Waals surface area (Å²) in [6.07, 6.45) is 4.28. The lowest BCUT2D eigenvalue weighted by atomic mass is 9.90. The summed E-state index contributed by atoms with van der Waals surface area (Å²) in [4.78, 5) is 14.5. The van der Waals surface area contributed by atoms with Crippen LogP contribution >= 0.6 is 11.8 Å². The number of furan rings is 1. The average Bonchev–Trinajstić information content (AvgIpc) is 2.89. The minimum Gasteiger partial charge on any atom is -0.449 e. The fourth-order valence-corrected chi connectivity index (χ4v) is 4.95. The summed E-state index contributed by atoms with van der Waals surface area (Å²) in [7, 11) is -3.42. The van der Waals surface area contributed by atoms with Crippen molar-refractivity contribution in [3.8, 4) is 0 Å². The number of carbonyl (C=O) groups is 1. The lowest BCUT2D eigenvalue weighted by molar-refractivity contribution is 0.0558. The van der Waals surface area contributed by atoms with Crippen molar-refractivity contribution in [3.05, 3.63) is 17.4 Å². The van der Waals surface area contributed by atoms with Crippen LogP contribution in [0.25, 0.3) is 0 Å². The fourth-order valence-electron chi connectivity index (χ4n) is 2.78. The minimum absolute atomic E-state index is 0.0496. The van der Waals surface area contributed by atoms with Crippen LogP contribution < -0.4 is 0 Å². The third kappa shape index (κ3) is 2.07. The van der Waals surface area contributed by atoms with Crippen LogP contribution in [-0.2, 0) is 9.84 Å². The highest BCUT2D eigenvalue weighted by atomic mass is 32.2. The monoisotopic (exact) mass is 315 g/mol. The van der Waals surface area contributed by atoms with Crippen LogP contribution in [0.4, 0.5) is 0 Å². The molecular weight excluding hydrogens is 298 g/mol. The second-order valence-corrected chi connectivity index (χ2v) is 8.82. The van der Waals surface area contributed by atoms with E-state index in [1.54, 1.807) is 6.92 Å². The second-order valence-electron chi connectivity index (χ2n) is 5.41. The van der Waals surface area contributed by atoms with Crippen LogP contribution in [0.3, 0.4) is 0 Å². The Morgan fingerprint density at radius 3 is 2.65 bits per heavy atom. The summed E-state index contributed by atoms with van der Waals surface area (Å²) in [5.74, 6) is 1.22. The number of sulfone groups is 1. The smallest absolute Gasteiger partial charge is 0.258 e. The Morgan fingerprint density at radius 2 is 2.15 bits per heavy atom. The number of amides is 1. The number of thioether (sulfide) groups is 1. The highest BCUT2D eigenvalue weighted by Crippen LogP contribution is 2.51. The molecule has 0 unspecified atom stereocenters. The molecular formula is C13H17NO4S2. The molecule has 1 aliphatic heterocycles. The molecule has 1 aliphatic carbocycles. The van der Waals surface area contributed by atoms with E-state index in [1.807, 2.05) is 16.7 Å². The van der Waals surface area contributed by atoms with Gasteiger partial charge in [-0.15, -0.1) is 11.8 Å². The third-order valence-electron chi connectivity index (χ3n) is 4.05. The molecule has 1 aromatic heterocycles. The summed E-state index contributed by atoms with van der Waals surface area (Å²) < 4.78 is 28.3. The van der Waals surface area contributed by atoms with Gasteiger partial charge in [0, 0.05) is 24.6 Å². The predicted octanol–water partition coefficient (Wildman–Crippen LogP) is 2.06. The van der Waals surface area contributed by atoms with Gasteiger partial charge < -0.3 is 9.32 Å². The molecule has 1 amide bonds. The molecule has 1 saturated carbocycles. The van der Waals surface area contributed by atoms with Gasteiger partial charge in [0.1, 0.15) is 5.76 Å². The summed E-state index contributed by atoms with van der Waals surface area (Å²) in [6, 6.07) is 1.36. The quantitative estimate of drug-likeness (QED) is 0.835.